The van der Waals surface area contributed by atoms with Crippen LogP contribution in [0.5, 0.6) is 5.75 Å². The first-order chi connectivity index (χ1) is 24.2. The van der Waals surface area contributed by atoms with Crippen LogP contribution in [0.4, 0.5) is 21.9 Å². The fourth-order valence-electron chi connectivity index (χ4n) is 4.66. The van der Waals surface area contributed by atoms with Gasteiger partial charge in [0.1, 0.15) is 18.4 Å². The molecule has 13 nitrogen and oxygen atoms in total. The Morgan fingerprint density at radius 2 is 1.14 bits per heavy atom. The number of anilines is 2. The van der Waals surface area contributed by atoms with Crippen LogP contribution in [0.2, 0.25) is 0 Å². The monoisotopic (exact) mass is 701 g/mol. The van der Waals surface area contributed by atoms with Crippen LogP contribution in [-0.4, -0.2) is 40.5 Å². The first kappa shape index (κ1) is 35.4. The molecule has 0 fully saturated rings. The first-order valence-electron chi connectivity index (χ1n) is 15.4. The summed E-state index contributed by atoms with van der Waals surface area (Å²) in [6.45, 7) is 4.08. The molecule has 0 radical (unpaired) electrons. The number of benzene rings is 5. The van der Waals surface area contributed by atoms with E-state index in [0.29, 0.717) is 17.3 Å². The van der Waals surface area contributed by atoms with Gasteiger partial charge >= 0.3 is 6.09 Å². The lowest BCUT2D eigenvalue weighted by Gasteiger charge is -2.07. The molecule has 0 saturated carbocycles. The molecule has 0 aliphatic heterocycles. The number of nitrogens with one attached hydrogen (secondary N) is 1. The fraction of sp³-hybridized carbons (Fsp3) is 0.0541. The van der Waals surface area contributed by atoms with E-state index < -0.39 is 11.0 Å². The molecule has 51 heavy (non-hydrogen) atoms. The summed E-state index contributed by atoms with van der Waals surface area (Å²) in [4.78, 5) is 30.9. The van der Waals surface area contributed by atoms with Crippen molar-refractivity contribution in [1.29, 1.82) is 0 Å². The van der Waals surface area contributed by atoms with Gasteiger partial charge in [0, 0.05) is 34.6 Å². The van der Waals surface area contributed by atoms with E-state index in [2.05, 4.69) is 44.5 Å². The molecule has 0 atom stereocenters. The van der Waals surface area contributed by atoms with Crippen molar-refractivity contribution in [3.8, 4) is 39.9 Å². The van der Waals surface area contributed by atoms with Gasteiger partial charge in [-0.15, -0.1) is 22.6 Å². The third kappa shape index (κ3) is 9.19. The number of rotatable bonds is 7. The number of nitrogen functional groups attached to an aromatic ring is 1. The van der Waals surface area contributed by atoms with E-state index in [1.54, 1.807) is 46.3 Å². The molecular weight excluding hydrogens is 670 g/mol. The van der Waals surface area contributed by atoms with Crippen LogP contribution in [0, 0.1) is 24.0 Å². The number of hydrogen-bond acceptors (Lipinski definition) is 9. The van der Waals surface area contributed by atoms with Crippen molar-refractivity contribution >= 4 is 35.6 Å². The van der Waals surface area contributed by atoms with Gasteiger partial charge in [-0.1, -0.05) is 35.4 Å². The number of nitro benzene ring substituents is 1. The Hall–Kier alpha value is -6.86. The quantitative estimate of drug-likeness (QED) is 0.0949. The minimum atomic E-state index is -0.705. The molecule has 0 saturated heterocycles. The number of non-ortho nitro benzene ring substituents is 1. The number of hydrogen-bond donors (Lipinski definition) is 2. The molecule has 2 heterocycles. The molecule has 0 spiro atoms. The molecule has 0 aliphatic rings. The van der Waals surface area contributed by atoms with Gasteiger partial charge in [0.25, 0.3) is 5.69 Å². The second kappa shape index (κ2) is 16.0. The Kier molecular flexibility index (Phi) is 11.1. The number of carbonyl (C=O) groups excluding carboxylic acids is 1. The van der Waals surface area contributed by atoms with Gasteiger partial charge in [0.2, 0.25) is 0 Å². The smallest absolute Gasteiger partial charge is 0.410 e. The summed E-state index contributed by atoms with van der Waals surface area (Å²) in [6.07, 6.45) is 2.66. The van der Waals surface area contributed by atoms with E-state index in [1.165, 1.54) is 35.4 Å². The summed E-state index contributed by atoms with van der Waals surface area (Å²) < 4.78 is 8.59. The topological polar surface area (TPSA) is 169 Å². The number of carbonyl (C=O) groups is 1. The standard InChI is InChI=1S/C22H17N5O4.C15H14N4.ClH/c1-15-2-8-18(9-3-15)26-14-23-21(25-26)16-4-6-17(7-5-16)24-22(28)31-20-12-10-19(11-13-20)27(29)30;1-11-2-8-14(9-3-11)19-10-17-15(18-19)12-4-6-13(16)7-5-12;/h2-14H,1H3,(H,24,28);2-10H,16H2,1H3;1H. The van der Waals surface area contributed by atoms with E-state index in [9.17, 15) is 14.9 Å². The van der Waals surface area contributed by atoms with E-state index in [-0.39, 0.29) is 23.8 Å². The summed E-state index contributed by atoms with van der Waals surface area (Å²) in [5, 5.41) is 22.2. The molecule has 5 aromatic carbocycles. The third-order valence-electron chi connectivity index (χ3n) is 7.40. The molecule has 0 unspecified atom stereocenters. The summed E-state index contributed by atoms with van der Waals surface area (Å²) in [6, 6.07) is 35.9. The number of nitrogens with two attached hydrogens (primary N) is 1. The Bertz CT molecular complexity index is 2160. The van der Waals surface area contributed by atoms with E-state index >= 15 is 0 Å². The minimum Gasteiger partial charge on any atom is -0.410 e. The second-order valence-electron chi connectivity index (χ2n) is 11.2. The molecule has 2 aromatic heterocycles. The molecule has 1 amide bonds. The molecule has 7 rings (SSSR count). The van der Waals surface area contributed by atoms with Crippen molar-refractivity contribution in [2.45, 2.75) is 13.8 Å². The number of amides is 1. The number of nitrogens with zero attached hydrogens (tertiary/aromatic N) is 7. The van der Waals surface area contributed by atoms with Gasteiger partial charge in [-0.05, 0) is 98.8 Å². The molecule has 0 aliphatic carbocycles. The van der Waals surface area contributed by atoms with Crippen LogP contribution < -0.4 is 15.8 Å². The number of aromatic nitrogens is 6. The molecule has 7 aromatic rings. The van der Waals surface area contributed by atoms with Gasteiger partial charge in [0.15, 0.2) is 11.6 Å². The van der Waals surface area contributed by atoms with Crippen LogP contribution in [0.1, 0.15) is 11.1 Å². The average molecular weight is 702 g/mol. The van der Waals surface area contributed by atoms with Crippen molar-refractivity contribution in [3.05, 3.63) is 155 Å². The number of ether oxygens (including phenoxy) is 1. The van der Waals surface area contributed by atoms with Crippen LogP contribution in [0.15, 0.2) is 134 Å². The summed E-state index contributed by atoms with van der Waals surface area (Å²) >= 11 is 0. The van der Waals surface area contributed by atoms with E-state index in [1.807, 2.05) is 67.6 Å². The molecular formula is C37H32ClN9O4. The fourth-order valence-corrected chi connectivity index (χ4v) is 4.66. The lowest BCUT2D eigenvalue weighted by molar-refractivity contribution is -0.384. The van der Waals surface area contributed by atoms with E-state index in [0.717, 1.165) is 28.2 Å². The van der Waals surface area contributed by atoms with Crippen LogP contribution in [0.3, 0.4) is 0 Å². The van der Waals surface area contributed by atoms with Gasteiger partial charge in [-0.2, -0.15) is 0 Å². The highest BCUT2D eigenvalue weighted by Gasteiger charge is 2.10. The Balaban J connectivity index is 0.000000216. The lowest BCUT2D eigenvalue weighted by atomic mass is 10.2. The third-order valence-corrected chi connectivity index (χ3v) is 7.40. The Morgan fingerprint density at radius 3 is 1.59 bits per heavy atom. The van der Waals surface area contributed by atoms with Gasteiger partial charge < -0.3 is 10.5 Å². The Labute approximate surface area is 298 Å². The summed E-state index contributed by atoms with van der Waals surface area (Å²) in [7, 11) is 0. The SMILES string of the molecule is Cc1ccc(-n2cnc(-c3ccc(N)cc3)n2)cc1.Cc1ccc(-n2cnc(-c3ccc(NC(=O)Oc4ccc([N+](=O)[O-])cc4)cc3)n2)cc1.Cl. The van der Waals surface area contributed by atoms with Crippen molar-refractivity contribution in [2.24, 2.45) is 0 Å². The van der Waals surface area contributed by atoms with Crippen molar-refractivity contribution in [2.75, 3.05) is 11.1 Å². The highest BCUT2D eigenvalue weighted by Crippen LogP contribution is 2.21. The molecule has 3 N–H and O–H groups in total. The Morgan fingerprint density at radius 1 is 0.686 bits per heavy atom. The zero-order valence-electron chi connectivity index (χ0n) is 27.5. The second-order valence-corrected chi connectivity index (χ2v) is 11.2. The predicted octanol–water partition coefficient (Wildman–Crippen LogP) is 8.01. The predicted molar refractivity (Wildman–Crippen MR) is 197 cm³/mol. The normalized spacial score (nSPS) is 10.3. The zero-order chi connectivity index (χ0) is 35.0. The maximum atomic E-state index is 12.0. The summed E-state index contributed by atoms with van der Waals surface area (Å²) in [5.74, 6) is 1.45. The maximum absolute atomic E-state index is 12.0. The van der Waals surface area contributed by atoms with Crippen LogP contribution in [-0.2, 0) is 0 Å². The number of halogens is 1. The lowest BCUT2D eigenvalue weighted by Crippen LogP contribution is -2.16. The molecule has 256 valence electrons. The van der Waals surface area contributed by atoms with Gasteiger partial charge in [-0.3, -0.25) is 15.4 Å². The van der Waals surface area contributed by atoms with Crippen LogP contribution >= 0.6 is 12.4 Å². The largest absolute Gasteiger partial charge is 0.417 e. The minimum absolute atomic E-state index is 0. The summed E-state index contributed by atoms with van der Waals surface area (Å²) in [5.41, 5.74) is 12.9. The van der Waals surface area contributed by atoms with Gasteiger partial charge in [0.05, 0.1) is 16.3 Å². The van der Waals surface area contributed by atoms with Crippen molar-refractivity contribution in [1.82, 2.24) is 29.5 Å². The van der Waals surface area contributed by atoms with Crippen molar-refractivity contribution in [3.63, 3.8) is 0 Å². The van der Waals surface area contributed by atoms with Crippen LogP contribution in [0.25, 0.3) is 34.2 Å². The van der Waals surface area contributed by atoms with Crippen molar-refractivity contribution < 1.29 is 14.5 Å². The number of nitro groups is 1. The van der Waals surface area contributed by atoms with E-state index in [4.69, 9.17) is 10.5 Å². The molecule has 14 heteroatoms. The zero-order valence-corrected chi connectivity index (χ0v) is 28.3. The number of aryl methyl sites for hydroxylation is 2. The maximum Gasteiger partial charge on any atom is 0.417 e. The molecule has 0 bridgehead atoms. The average Bonchev–Trinajstić information content (AvgIpc) is 3.82. The highest BCUT2D eigenvalue weighted by atomic mass is 35.5. The highest BCUT2D eigenvalue weighted by molar-refractivity contribution is 5.86. The van der Waals surface area contributed by atoms with Gasteiger partial charge in [-0.25, -0.2) is 24.1 Å². The first-order valence-corrected chi connectivity index (χ1v) is 15.4.